The third-order valence-electron chi connectivity index (χ3n) is 9.53. The third kappa shape index (κ3) is 6.66. The molecule has 264 valence electrons. The summed E-state index contributed by atoms with van der Waals surface area (Å²) in [6.45, 7) is 21.1. The summed E-state index contributed by atoms with van der Waals surface area (Å²) in [5, 5.41) is 5.22. The Morgan fingerprint density at radius 2 is 1.84 bits per heavy atom. The average Bonchev–Trinajstić information content (AvgIpc) is 3.50. The quantitative estimate of drug-likeness (QED) is 0.122. The molecule has 1 fully saturated rings. The molecule has 0 bridgehead atoms. The molecule has 0 spiro atoms. The first kappa shape index (κ1) is 35.3. The van der Waals surface area contributed by atoms with Gasteiger partial charge in [-0.25, -0.2) is 14.2 Å². The maximum Gasteiger partial charge on any atom is 0.339 e. The van der Waals surface area contributed by atoms with E-state index in [2.05, 4.69) is 25.0 Å². The normalized spacial score (nSPS) is 17.4. The Labute approximate surface area is 293 Å². The van der Waals surface area contributed by atoms with Gasteiger partial charge in [-0.05, 0) is 71.6 Å². The minimum atomic E-state index is -1.04. The lowest BCUT2D eigenvalue weighted by molar-refractivity contribution is -0.164. The summed E-state index contributed by atoms with van der Waals surface area (Å²) >= 11 is 0. The van der Waals surface area contributed by atoms with Gasteiger partial charge in [0.15, 0.2) is 11.8 Å². The predicted octanol–water partition coefficient (Wildman–Crippen LogP) is 8.42. The van der Waals surface area contributed by atoms with E-state index in [-0.39, 0.29) is 11.4 Å². The second-order valence-corrected chi connectivity index (χ2v) is 14.4. The number of aromatic nitrogens is 3. The predicted molar refractivity (Wildman–Crippen MR) is 193 cm³/mol. The molecule has 2 aliphatic rings. The van der Waals surface area contributed by atoms with Crippen LogP contribution in [0.2, 0.25) is 0 Å². The van der Waals surface area contributed by atoms with Crippen LogP contribution < -0.4 is 9.64 Å². The van der Waals surface area contributed by atoms with E-state index in [1.54, 1.807) is 13.0 Å². The highest BCUT2D eigenvalue weighted by Gasteiger charge is 2.39. The van der Waals surface area contributed by atoms with Crippen molar-refractivity contribution in [3.8, 4) is 28.1 Å². The summed E-state index contributed by atoms with van der Waals surface area (Å²) in [4.78, 5) is 20.7. The van der Waals surface area contributed by atoms with Gasteiger partial charge in [-0.2, -0.15) is 9.61 Å². The number of carbonyl (C=O) groups is 1. The highest BCUT2D eigenvalue weighted by atomic mass is 19.1. The molecule has 6 rings (SSSR count). The van der Waals surface area contributed by atoms with Gasteiger partial charge in [0.05, 0.1) is 36.2 Å². The standard InChI is InChI=1S/C40H47FN4O5/c1-10-13-31-35-26(28-21-24(3)29(41)22-32(28)49-31)14-12-15-27(35)30-23-33-42-25(4)34(36(38(46)47-9)50-39(5,6)7)37(45(33)43-30)44-18-16-40(8,17-19-44)48-20-11-2/h10-12,14-15,21-23,31,36H,1-2,13,16-20H2,3-9H3/t31-,36+/m1/s1. The summed E-state index contributed by atoms with van der Waals surface area (Å²) < 4.78 is 40.8. The van der Waals surface area contributed by atoms with Crippen molar-refractivity contribution in [1.82, 2.24) is 14.6 Å². The number of nitrogens with zero attached hydrogens (tertiary/aromatic N) is 4. The van der Waals surface area contributed by atoms with Gasteiger partial charge >= 0.3 is 5.97 Å². The van der Waals surface area contributed by atoms with E-state index in [0.717, 1.165) is 40.9 Å². The van der Waals surface area contributed by atoms with E-state index < -0.39 is 23.8 Å². The Kier molecular flexibility index (Phi) is 9.63. The Morgan fingerprint density at radius 1 is 1.12 bits per heavy atom. The molecule has 2 aliphatic heterocycles. The molecule has 2 aromatic heterocycles. The zero-order chi connectivity index (χ0) is 36.0. The summed E-state index contributed by atoms with van der Waals surface area (Å²) in [5.41, 5.74) is 5.75. The Bertz CT molecular complexity index is 1950. The van der Waals surface area contributed by atoms with Crippen molar-refractivity contribution >= 4 is 17.4 Å². The fourth-order valence-electron chi connectivity index (χ4n) is 7.01. The fourth-order valence-corrected chi connectivity index (χ4v) is 7.01. The van der Waals surface area contributed by atoms with Crippen molar-refractivity contribution in [1.29, 1.82) is 0 Å². The monoisotopic (exact) mass is 682 g/mol. The van der Waals surface area contributed by atoms with Crippen molar-refractivity contribution in [2.45, 2.75) is 84.2 Å². The molecule has 0 N–H and O–H groups in total. The summed E-state index contributed by atoms with van der Waals surface area (Å²) in [7, 11) is 1.37. The molecule has 2 atom stereocenters. The number of esters is 1. The summed E-state index contributed by atoms with van der Waals surface area (Å²) in [6.07, 6.45) is 4.17. The Balaban J connectivity index is 1.56. The zero-order valence-electron chi connectivity index (χ0n) is 30.1. The first-order chi connectivity index (χ1) is 23.8. The molecule has 9 nitrogen and oxygen atoms in total. The van der Waals surface area contributed by atoms with Gasteiger partial charge in [0.25, 0.3) is 0 Å². The molecule has 0 aliphatic carbocycles. The van der Waals surface area contributed by atoms with Crippen LogP contribution in [-0.4, -0.2) is 58.6 Å². The number of carbonyl (C=O) groups excluding carboxylic acids is 1. The summed E-state index contributed by atoms with van der Waals surface area (Å²) in [5.74, 6) is 0.410. The summed E-state index contributed by atoms with van der Waals surface area (Å²) in [6, 6.07) is 11.3. The maximum absolute atomic E-state index is 14.7. The fraction of sp³-hybridized carbons (Fsp3) is 0.425. The first-order valence-electron chi connectivity index (χ1n) is 17.1. The lowest BCUT2D eigenvalue weighted by atomic mass is 9.86. The largest absolute Gasteiger partial charge is 0.485 e. The van der Waals surface area contributed by atoms with Gasteiger partial charge in [-0.3, -0.25) is 0 Å². The van der Waals surface area contributed by atoms with Crippen LogP contribution in [-0.2, 0) is 19.0 Å². The topological polar surface area (TPSA) is 87.4 Å². The minimum absolute atomic E-state index is 0.308. The number of aryl methyl sites for hydroxylation is 2. The van der Waals surface area contributed by atoms with Crippen molar-refractivity contribution in [2.75, 3.05) is 31.7 Å². The molecular formula is C40H47FN4O5. The van der Waals surface area contributed by atoms with Crippen LogP contribution in [0.5, 0.6) is 5.75 Å². The molecule has 4 aromatic rings. The van der Waals surface area contributed by atoms with Crippen LogP contribution >= 0.6 is 0 Å². The van der Waals surface area contributed by atoms with Gasteiger partial charge < -0.3 is 23.8 Å². The number of fused-ring (bicyclic) bond motifs is 4. The molecule has 0 unspecified atom stereocenters. The van der Waals surface area contributed by atoms with Crippen molar-refractivity contribution in [2.24, 2.45) is 0 Å². The second-order valence-electron chi connectivity index (χ2n) is 14.4. The number of hydrogen-bond acceptors (Lipinski definition) is 8. The van der Waals surface area contributed by atoms with Crippen LogP contribution in [0.1, 0.15) is 81.5 Å². The van der Waals surface area contributed by atoms with E-state index in [9.17, 15) is 9.18 Å². The van der Waals surface area contributed by atoms with Crippen molar-refractivity contribution in [3.05, 3.63) is 89.9 Å². The van der Waals surface area contributed by atoms with Crippen LogP contribution in [0, 0.1) is 19.7 Å². The van der Waals surface area contributed by atoms with Crippen LogP contribution in [0.3, 0.4) is 0 Å². The second kappa shape index (κ2) is 13.6. The molecule has 0 radical (unpaired) electrons. The van der Waals surface area contributed by atoms with Gasteiger partial charge in [0.2, 0.25) is 0 Å². The number of piperidine rings is 1. The number of halogens is 1. The number of methoxy groups -OCH3 is 1. The highest BCUT2D eigenvalue weighted by Crippen LogP contribution is 2.48. The molecule has 1 saturated heterocycles. The van der Waals surface area contributed by atoms with E-state index in [4.69, 9.17) is 29.0 Å². The average molecular weight is 683 g/mol. The first-order valence-corrected chi connectivity index (χ1v) is 17.1. The van der Waals surface area contributed by atoms with Gasteiger partial charge in [0, 0.05) is 54.0 Å². The molecule has 50 heavy (non-hydrogen) atoms. The van der Waals surface area contributed by atoms with Gasteiger partial charge in [-0.1, -0.05) is 30.4 Å². The number of ether oxygens (including phenoxy) is 4. The Hall–Kier alpha value is -4.54. The molecule has 10 heteroatoms. The SMILES string of the molecule is C=CCOC1(C)CCN(c2c([C@H](OC(C)(C)C)C(=O)OC)c(C)nc3cc(-c4cccc5c4[C@@H](CC=C)Oc4cc(F)c(C)cc4-5)nn23)CC1. The molecule has 4 heterocycles. The van der Waals surface area contributed by atoms with E-state index in [1.165, 1.54) is 13.2 Å². The van der Waals surface area contributed by atoms with Gasteiger partial charge in [0.1, 0.15) is 23.5 Å². The number of anilines is 1. The van der Waals surface area contributed by atoms with E-state index >= 15 is 0 Å². The Morgan fingerprint density at radius 3 is 2.50 bits per heavy atom. The van der Waals surface area contributed by atoms with E-state index in [1.807, 2.05) is 68.6 Å². The van der Waals surface area contributed by atoms with Crippen molar-refractivity contribution < 1.29 is 28.1 Å². The van der Waals surface area contributed by atoms with Crippen LogP contribution in [0.25, 0.3) is 28.0 Å². The number of rotatable bonds is 10. The number of hydrogen-bond donors (Lipinski definition) is 0. The van der Waals surface area contributed by atoms with E-state index in [0.29, 0.717) is 60.0 Å². The third-order valence-corrected chi connectivity index (χ3v) is 9.53. The molecule has 2 aromatic carbocycles. The van der Waals surface area contributed by atoms with Crippen LogP contribution in [0.4, 0.5) is 10.2 Å². The lowest BCUT2D eigenvalue weighted by Crippen LogP contribution is -2.45. The van der Waals surface area contributed by atoms with Gasteiger partial charge in [-0.15, -0.1) is 13.2 Å². The lowest BCUT2D eigenvalue weighted by Gasteiger charge is -2.41. The highest BCUT2D eigenvalue weighted by molar-refractivity contribution is 5.84. The zero-order valence-corrected chi connectivity index (χ0v) is 30.1. The number of benzene rings is 2. The smallest absolute Gasteiger partial charge is 0.339 e. The minimum Gasteiger partial charge on any atom is -0.485 e. The van der Waals surface area contributed by atoms with Crippen molar-refractivity contribution in [3.63, 3.8) is 0 Å². The molecular weight excluding hydrogens is 635 g/mol. The molecule has 0 amide bonds. The maximum atomic E-state index is 14.7. The van der Waals surface area contributed by atoms with Crippen LogP contribution in [0.15, 0.2) is 61.7 Å². The molecule has 0 saturated carbocycles.